The maximum Gasteiger partial charge on any atom is 0.317 e. The highest BCUT2D eigenvalue weighted by molar-refractivity contribution is 5.73. The van der Waals surface area contributed by atoms with Crippen molar-refractivity contribution in [1.29, 1.82) is 0 Å². The first-order chi connectivity index (χ1) is 11.2. The van der Waals surface area contributed by atoms with Crippen molar-refractivity contribution in [3.05, 3.63) is 29.8 Å². The molecular formula is C18H28N2O3. The Morgan fingerprint density at radius 3 is 2.96 bits per heavy atom. The lowest BCUT2D eigenvalue weighted by molar-refractivity contribution is 0.00828. The van der Waals surface area contributed by atoms with Gasteiger partial charge in [-0.2, -0.15) is 0 Å². The molecule has 128 valence electrons. The predicted molar refractivity (Wildman–Crippen MR) is 90.9 cm³/mol. The zero-order valence-electron chi connectivity index (χ0n) is 14.2. The second-order valence-corrected chi connectivity index (χ2v) is 5.99. The Kier molecular flexibility index (Phi) is 7.20. The van der Waals surface area contributed by atoms with Gasteiger partial charge in [0.1, 0.15) is 5.75 Å². The molecule has 1 aliphatic rings. The minimum atomic E-state index is -0.0318. The van der Waals surface area contributed by atoms with E-state index < -0.39 is 0 Å². The number of carbonyl (C=O) groups excluding carboxylic acids is 1. The minimum absolute atomic E-state index is 0.0318. The summed E-state index contributed by atoms with van der Waals surface area (Å²) in [5, 5.41) is 2.96. The molecule has 1 N–H and O–H groups in total. The second-order valence-electron chi connectivity index (χ2n) is 5.99. The van der Waals surface area contributed by atoms with E-state index in [1.165, 1.54) is 6.42 Å². The van der Waals surface area contributed by atoms with Crippen LogP contribution in [0.25, 0.3) is 0 Å². The molecular weight excluding hydrogens is 292 g/mol. The quantitative estimate of drug-likeness (QED) is 0.840. The van der Waals surface area contributed by atoms with Gasteiger partial charge in [-0.15, -0.1) is 0 Å². The molecule has 1 heterocycles. The Balaban J connectivity index is 1.67. The second kappa shape index (κ2) is 9.40. The third-order valence-electron chi connectivity index (χ3n) is 4.27. The van der Waals surface area contributed by atoms with Crippen LogP contribution in [0.2, 0.25) is 0 Å². The monoisotopic (exact) mass is 320 g/mol. The van der Waals surface area contributed by atoms with Crippen LogP contribution in [-0.2, 0) is 11.2 Å². The maximum absolute atomic E-state index is 12.1. The minimum Gasteiger partial charge on any atom is -0.496 e. The fourth-order valence-corrected chi connectivity index (χ4v) is 2.82. The van der Waals surface area contributed by atoms with Crippen LogP contribution in [0.15, 0.2) is 24.3 Å². The highest BCUT2D eigenvalue weighted by Gasteiger charge is 2.16. The average Bonchev–Trinajstić information content (AvgIpc) is 2.60. The van der Waals surface area contributed by atoms with Crippen molar-refractivity contribution < 1.29 is 14.3 Å². The van der Waals surface area contributed by atoms with Gasteiger partial charge in [0.25, 0.3) is 0 Å². The lowest BCUT2D eigenvalue weighted by Crippen LogP contribution is -2.39. The molecule has 0 aliphatic carbocycles. The van der Waals surface area contributed by atoms with Gasteiger partial charge in [-0.1, -0.05) is 18.2 Å². The van der Waals surface area contributed by atoms with Gasteiger partial charge in [-0.05, 0) is 43.7 Å². The highest BCUT2D eigenvalue weighted by atomic mass is 16.5. The molecule has 2 amide bonds. The summed E-state index contributed by atoms with van der Waals surface area (Å²) in [7, 11) is 3.50. The largest absolute Gasteiger partial charge is 0.496 e. The van der Waals surface area contributed by atoms with E-state index in [1.54, 1.807) is 12.0 Å². The highest BCUT2D eigenvalue weighted by Crippen LogP contribution is 2.17. The Morgan fingerprint density at radius 2 is 2.22 bits per heavy atom. The Bertz CT molecular complexity index is 487. The number of ether oxygens (including phenoxy) is 2. The van der Waals surface area contributed by atoms with Crippen molar-refractivity contribution >= 4 is 6.03 Å². The lowest BCUT2D eigenvalue weighted by Gasteiger charge is -2.25. The van der Waals surface area contributed by atoms with Crippen molar-refractivity contribution in [3.8, 4) is 5.75 Å². The van der Waals surface area contributed by atoms with E-state index in [9.17, 15) is 4.79 Å². The summed E-state index contributed by atoms with van der Waals surface area (Å²) < 4.78 is 11.0. The smallest absolute Gasteiger partial charge is 0.317 e. The van der Waals surface area contributed by atoms with Gasteiger partial charge in [0, 0.05) is 26.7 Å². The van der Waals surface area contributed by atoms with Crippen molar-refractivity contribution in [1.82, 2.24) is 10.2 Å². The summed E-state index contributed by atoms with van der Waals surface area (Å²) in [5.74, 6) is 0.865. The fourth-order valence-electron chi connectivity index (χ4n) is 2.82. The molecule has 0 saturated carbocycles. The van der Waals surface area contributed by atoms with Gasteiger partial charge >= 0.3 is 6.03 Å². The number of hydrogen-bond acceptors (Lipinski definition) is 3. The number of rotatable bonds is 7. The van der Waals surface area contributed by atoms with Crippen LogP contribution in [0.3, 0.4) is 0 Å². The third-order valence-corrected chi connectivity index (χ3v) is 4.27. The lowest BCUT2D eigenvalue weighted by atomic mass is 10.1. The molecule has 1 saturated heterocycles. The maximum atomic E-state index is 12.1. The van der Waals surface area contributed by atoms with E-state index in [0.717, 1.165) is 50.1 Å². The molecule has 2 rings (SSSR count). The fraction of sp³-hybridized carbons (Fsp3) is 0.611. The number of nitrogens with zero attached hydrogens (tertiary/aromatic N) is 1. The molecule has 5 nitrogen and oxygen atoms in total. The normalized spacial score (nSPS) is 17.6. The molecule has 1 fully saturated rings. The molecule has 0 spiro atoms. The number of para-hydroxylation sites is 1. The van der Waals surface area contributed by atoms with Gasteiger partial charge in [-0.3, -0.25) is 0 Å². The number of urea groups is 1. The Morgan fingerprint density at radius 1 is 1.39 bits per heavy atom. The topological polar surface area (TPSA) is 50.8 Å². The Labute approximate surface area is 139 Å². The number of amides is 2. The van der Waals surface area contributed by atoms with Crippen LogP contribution in [0.4, 0.5) is 4.79 Å². The van der Waals surface area contributed by atoms with Gasteiger partial charge in [0.05, 0.1) is 13.2 Å². The summed E-state index contributed by atoms with van der Waals surface area (Å²) in [6.07, 6.45) is 5.50. The van der Waals surface area contributed by atoms with E-state index in [0.29, 0.717) is 12.6 Å². The first kappa shape index (κ1) is 17.6. The first-order valence-electron chi connectivity index (χ1n) is 8.43. The van der Waals surface area contributed by atoms with Crippen LogP contribution in [0.1, 0.15) is 31.2 Å². The summed E-state index contributed by atoms with van der Waals surface area (Å²) in [6, 6.07) is 7.86. The molecule has 1 aromatic carbocycles. The van der Waals surface area contributed by atoms with Gasteiger partial charge < -0.3 is 19.7 Å². The first-order valence-corrected chi connectivity index (χ1v) is 8.43. The predicted octanol–water partition coefficient (Wildman–Crippen LogP) is 2.84. The molecule has 1 aliphatic heterocycles. The molecule has 1 atom stereocenters. The van der Waals surface area contributed by atoms with Gasteiger partial charge in [0.15, 0.2) is 0 Å². The summed E-state index contributed by atoms with van der Waals surface area (Å²) in [5.41, 5.74) is 1.11. The number of carbonyl (C=O) groups is 1. The van der Waals surface area contributed by atoms with Crippen molar-refractivity contribution in [2.75, 3.05) is 33.9 Å². The van der Waals surface area contributed by atoms with Crippen molar-refractivity contribution in [2.45, 2.75) is 38.2 Å². The number of nitrogens with one attached hydrogen (secondary N) is 1. The standard InChI is InChI=1S/C18H28N2O3/c1-20(13-11-16-8-5-6-14-23-16)18(21)19-12-10-15-7-3-4-9-17(15)22-2/h3-4,7,9,16H,5-6,8,10-14H2,1-2H3,(H,19,21). The molecule has 0 bridgehead atoms. The summed E-state index contributed by atoms with van der Waals surface area (Å²) in [6.45, 7) is 2.19. The molecule has 23 heavy (non-hydrogen) atoms. The van der Waals surface area contributed by atoms with Crippen molar-refractivity contribution in [3.63, 3.8) is 0 Å². The van der Waals surface area contributed by atoms with Crippen molar-refractivity contribution in [2.24, 2.45) is 0 Å². The summed E-state index contributed by atoms with van der Waals surface area (Å²) >= 11 is 0. The van der Waals surface area contributed by atoms with E-state index in [-0.39, 0.29) is 6.03 Å². The number of methoxy groups -OCH3 is 1. The molecule has 1 aromatic rings. The van der Waals surface area contributed by atoms with E-state index >= 15 is 0 Å². The van der Waals surface area contributed by atoms with E-state index in [1.807, 2.05) is 31.3 Å². The van der Waals surface area contributed by atoms with Crippen LogP contribution in [0.5, 0.6) is 5.75 Å². The number of benzene rings is 1. The van der Waals surface area contributed by atoms with E-state index in [2.05, 4.69) is 5.32 Å². The molecule has 0 aromatic heterocycles. The van der Waals surface area contributed by atoms with Crippen LogP contribution >= 0.6 is 0 Å². The zero-order valence-corrected chi connectivity index (χ0v) is 14.2. The SMILES string of the molecule is COc1ccccc1CCNC(=O)N(C)CCC1CCCCO1. The van der Waals surface area contributed by atoms with Gasteiger partial charge in [-0.25, -0.2) is 4.79 Å². The number of hydrogen-bond donors (Lipinski definition) is 1. The van der Waals surface area contributed by atoms with Crippen LogP contribution in [-0.4, -0.2) is 50.9 Å². The average molecular weight is 320 g/mol. The molecule has 5 heteroatoms. The molecule has 1 unspecified atom stereocenters. The Hall–Kier alpha value is -1.75. The van der Waals surface area contributed by atoms with Gasteiger partial charge in [0.2, 0.25) is 0 Å². The van der Waals surface area contributed by atoms with Crippen LogP contribution in [0, 0.1) is 0 Å². The van der Waals surface area contributed by atoms with Crippen LogP contribution < -0.4 is 10.1 Å². The summed E-state index contributed by atoms with van der Waals surface area (Å²) in [4.78, 5) is 13.8. The van der Waals surface area contributed by atoms with E-state index in [4.69, 9.17) is 9.47 Å². The molecule has 0 radical (unpaired) electrons. The zero-order chi connectivity index (χ0) is 16.5. The third kappa shape index (κ3) is 5.75.